The van der Waals surface area contributed by atoms with Crippen LogP contribution in [0, 0.1) is 0 Å². The SMILES string of the molecule is CN1CCN(CCCc2ccc3ccc4ccccc4c3c2)CC1. The third-order valence-electron chi connectivity index (χ3n) is 5.35. The van der Waals surface area contributed by atoms with Gasteiger partial charge in [0.15, 0.2) is 0 Å². The molecule has 4 rings (SSSR count). The van der Waals surface area contributed by atoms with Crippen LogP contribution < -0.4 is 0 Å². The van der Waals surface area contributed by atoms with Crippen LogP contribution in [-0.4, -0.2) is 49.6 Å². The van der Waals surface area contributed by atoms with Crippen LogP contribution in [0.25, 0.3) is 21.5 Å². The maximum Gasteiger partial charge on any atom is 0.0110 e. The van der Waals surface area contributed by atoms with Crippen LogP contribution in [0.4, 0.5) is 0 Å². The van der Waals surface area contributed by atoms with Crippen molar-refractivity contribution in [3.63, 3.8) is 0 Å². The molecule has 2 nitrogen and oxygen atoms in total. The zero-order valence-corrected chi connectivity index (χ0v) is 14.5. The average molecular weight is 318 g/mol. The van der Waals surface area contributed by atoms with Gasteiger partial charge in [-0.25, -0.2) is 0 Å². The number of hydrogen-bond donors (Lipinski definition) is 0. The van der Waals surface area contributed by atoms with Crippen LogP contribution in [0.2, 0.25) is 0 Å². The molecule has 1 heterocycles. The number of aryl methyl sites for hydroxylation is 1. The lowest BCUT2D eigenvalue weighted by molar-refractivity contribution is 0.153. The van der Waals surface area contributed by atoms with Gasteiger partial charge < -0.3 is 9.80 Å². The quantitative estimate of drug-likeness (QED) is 0.666. The number of benzene rings is 3. The van der Waals surface area contributed by atoms with Crippen molar-refractivity contribution in [2.45, 2.75) is 12.8 Å². The Morgan fingerprint density at radius 3 is 2.33 bits per heavy atom. The van der Waals surface area contributed by atoms with E-state index in [1.165, 1.54) is 72.7 Å². The summed E-state index contributed by atoms with van der Waals surface area (Å²) >= 11 is 0. The molecule has 0 amide bonds. The highest BCUT2D eigenvalue weighted by molar-refractivity contribution is 6.07. The highest BCUT2D eigenvalue weighted by Crippen LogP contribution is 2.26. The van der Waals surface area contributed by atoms with Gasteiger partial charge in [0.05, 0.1) is 0 Å². The summed E-state index contributed by atoms with van der Waals surface area (Å²) < 4.78 is 0. The van der Waals surface area contributed by atoms with Gasteiger partial charge in [-0.2, -0.15) is 0 Å². The molecule has 0 N–H and O–H groups in total. The highest BCUT2D eigenvalue weighted by atomic mass is 15.2. The van der Waals surface area contributed by atoms with E-state index in [0.29, 0.717) is 0 Å². The number of fused-ring (bicyclic) bond motifs is 3. The van der Waals surface area contributed by atoms with Gasteiger partial charge >= 0.3 is 0 Å². The fraction of sp³-hybridized carbons (Fsp3) is 0.364. The van der Waals surface area contributed by atoms with Gasteiger partial charge in [-0.05, 0) is 53.5 Å². The van der Waals surface area contributed by atoms with E-state index in [4.69, 9.17) is 0 Å². The van der Waals surface area contributed by atoms with Gasteiger partial charge in [0.1, 0.15) is 0 Å². The molecule has 0 atom stereocenters. The molecule has 0 unspecified atom stereocenters. The van der Waals surface area contributed by atoms with Gasteiger partial charge in [0.25, 0.3) is 0 Å². The smallest absolute Gasteiger partial charge is 0.0110 e. The Morgan fingerprint density at radius 2 is 1.50 bits per heavy atom. The third kappa shape index (κ3) is 3.31. The summed E-state index contributed by atoms with van der Waals surface area (Å²) in [6, 6.07) is 20.2. The zero-order valence-electron chi connectivity index (χ0n) is 14.5. The number of rotatable bonds is 4. The monoisotopic (exact) mass is 318 g/mol. The van der Waals surface area contributed by atoms with Crippen molar-refractivity contribution in [3.05, 3.63) is 60.2 Å². The van der Waals surface area contributed by atoms with Crippen molar-refractivity contribution in [2.75, 3.05) is 39.8 Å². The minimum atomic E-state index is 1.17. The molecule has 2 heteroatoms. The fourth-order valence-electron chi connectivity index (χ4n) is 3.78. The lowest BCUT2D eigenvalue weighted by Gasteiger charge is -2.32. The van der Waals surface area contributed by atoms with Crippen LogP contribution in [0.15, 0.2) is 54.6 Å². The van der Waals surface area contributed by atoms with Crippen molar-refractivity contribution < 1.29 is 0 Å². The average Bonchev–Trinajstić information content (AvgIpc) is 2.63. The number of hydrogen-bond acceptors (Lipinski definition) is 2. The van der Waals surface area contributed by atoms with Crippen molar-refractivity contribution in [3.8, 4) is 0 Å². The van der Waals surface area contributed by atoms with E-state index in [9.17, 15) is 0 Å². The molecule has 1 saturated heterocycles. The maximum atomic E-state index is 2.61. The minimum absolute atomic E-state index is 1.17. The summed E-state index contributed by atoms with van der Waals surface area (Å²) in [6.07, 6.45) is 2.42. The topological polar surface area (TPSA) is 6.48 Å². The van der Waals surface area contributed by atoms with Crippen LogP contribution in [0.1, 0.15) is 12.0 Å². The minimum Gasteiger partial charge on any atom is -0.304 e. The second kappa shape index (κ2) is 6.92. The van der Waals surface area contributed by atoms with Gasteiger partial charge in [-0.1, -0.05) is 54.6 Å². The molecule has 3 aromatic rings. The molecule has 0 radical (unpaired) electrons. The first-order chi connectivity index (χ1) is 11.8. The Labute approximate surface area is 144 Å². The summed E-state index contributed by atoms with van der Waals surface area (Å²) in [5, 5.41) is 5.44. The molecule has 0 bridgehead atoms. The van der Waals surface area contributed by atoms with E-state index >= 15 is 0 Å². The molecule has 124 valence electrons. The Hall–Kier alpha value is -1.90. The molecular formula is C22H26N2. The molecule has 24 heavy (non-hydrogen) atoms. The van der Waals surface area contributed by atoms with E-state index in [-0.39, 0.29) is 0 Å². The van der Waals surface area contributed by atoms with Gasteiger partial charge in [-0.3, -0.25) is 0 Å². The van der Waals surface area contributed by atoms with Crippen molar-refractivity contribution in [1.29, 1.82) is 0 Å². The van der Waals surface area contributed by atoms with E-state index < -0.39 is 0 Å². The standard InChI is InChI=1S/C22H26N2/c1-23-13-15-24(16-14-23)12-4-5-18-8-9-20-11-10-19-6-2-3-7-21(19)22(20)17-18/h2-3,6-11,17H,4-5,12-16H2,1H3. The normalized spacial score (nSPS) is 16.9. The first-order valence-corrected chi connectivity index (χ1v) is 9.11. The maximum absolute atomic E-state index is 2.61. The molecule has 0 aliphatic carbocycles. The Bertz CT molecular complexity index is 832. The molecule has 0 saturated carbocycles. The molecule has 1 fully saturated rings. The third-order valence-corrected chi connectivity index (χ3v) is 5.35. The molecule has 1 aliphatic rings. The summed E-state index contributed by atoms with van der Waals surface area (Å²) in [6.45, 7) is 6.09. The predicted molar refractivity (Wildman–Crippen MR) is 104 cm³/mol. The Balaban J connectivity index is 1.47. The van der Waals surface area contributed by atoms with E-state index in [1.807, 2.05) is 0 Å². The van der Waals surface area contributed by atoms with Gasteiger partial charge in [-0.15, -0.1) is 0 Å². The van der Waals surface area contributed by atoms with Crippen LogP contribution in [0.5, 0.6) is 0 Å². The predicted octanol–water partition coefficient (Wildman–Crippen LogP) is 4.17. The first-order valence-electron chi connectivity index (χ1n) is 9.11. The fourth-order valence-corrected chi connectivity index (χ4v) is 3.78. The summed E-state index contributed by atoms with van der Waals surface area (Å²) in [4.78, 5) is 5.03. The van der Waals surface area contributed by atoms with E-state index in [0.717, 1.165) is 0 Å². The Kier molecular flexibility index (Phi) is 4.50. The second-order valence-corrected chi connectivity index (χ2v) is 7.09. The largest absolute Gasteiger partial charge is 0.304 e. The Morgan fingerprint density at radius 1 is 0.792 bits per heavy atom. The summed E-state index contributed by atoms with van der Waals surface area (Å²) in [5.74, 6) is 0. The van der Waals surface area contributed by atoms with Gasteiger partial charge in [0.2, 0.25) is 0 Å². The van der Waals surface area contributed by atoms with E-state index in [2.05, 4.69) is 71.4 Å². The van der Waals surface area contributed by atoms with Crippen molar-refractivity contribution in [1.82, 2.24) is 9.80 Å². The van der Waals surface area contributed by atoms with Crippen LogP contribution in [-0.2, 0) is 6.42 Å². The van der Waals surface area contributed by atoms with Crippen molar-refractivity contribution >= 4 is 21.5 Å². The molecule has 0 aromatic heterocycles. The number of piperazine rings is 1. The zero-order chi connectivity index (χ0) is 16.4. The molecular weight excluding hydrogens is 292 g/mol. The van der Waals surface area contributed by atoms with E-state index in [1.54, 1.807) is 0 Å². The molecule has 1 aliphatic heterocycles. The second-order valence-electron chi connectivity index (χ2n) is 7.09. The van der Waals surface area contributed by atoms with Crippen LogP contribution >= 0.6 is 0 Å². The highest BCUT2D eigenvalue weighted by Gasteiger charge is 2.12. The van der Waals surface area contributed by atoms with Gasteiger partial charge in [0, 0.05) is 26.2 Å². The van der Waals surface area contributed by atoms with Crippen molar-refractivity contribution in [2.24, 2.45) is 0 Å². The summed E-state index contributed by atoms with van der Waals surface area (Å²) in [5.41, 5.74) is 1.47. The van der Waals surface area contributed by atoms with Crippen LogP contribution in [0.3, 0.4) is 0 Å². The molecule has 3 aromatic carbocycles. The lowest BCUT2D eigenvalue weighted by Crippen LogP contribution is -2.44. The summed E-state index contributed by atoms with van der Waals surface area (Å²) in [7, 11) is 2.22. The first kappa shape index (κ1) is 15.6. The number of likely N-dealkylation sites (N-methyl/N-ethyl adjacent to an activating group) is 1. The number of nitrogens with zero attached hydrogens (tertiary/aromatic N) is 2. The molecule has 0 spiro atoms. The lowest BCUT2D eigenvalue weighted by atomic mass is 9.98.